The smallest absolute Gasteiger partial charge is 0.384 e. The van der Waals surface area contributed by atoms with Gasteiger partial charge in [0.05, 0.1) is 5.56 Å². The highest BCUT2D eigenvalue weighted by molar-refractivity contribution is 5.94. The molecule has 5 rings (SSSR count). The molecule has 0 aliphatic carbocycles. The van der Waals surface area contributed by atoms with Gasteiger partial charge >= 0.3 is 6.18 Å². The summed E-state index contributed by atoms with van der Waals surface area (Å²) in [6.07, 6.45) is 13.2. The van der Waals surface area contributed by atoms with Crippen molar-refractivity contribution < 1.29 is 22.8 Å². The number of amides is 1. The van der Waals surface area contributed by atoms with Crippen molar-refractivity contribution in [3.05, 3.63) is 112 Å². The predicted molar refractivity (Wildman–Crippen MR) is 299 cm³/mol. The van der Waals surface area contributed by atoms with E-state index in [0.29, 0.717) is 35.8 Å². The molecule has 4 N–H and O–H groups in total. The summed E-state index contributed by atoms with van der Waals surface area (Å²) in [4.78, 5) is 37.5. The van der Waals surface area contributed by atoms with Gasteiger partial charge in [-0.25, -0.2) is 4.98 Å². The fraction of sp³-hybridized carbons (Fsp3) is 0.567. The molecule has 0 bridgehead atoms. The van der Waals surface area contributed by atoms with E-state index in [2.05, 4.69) is 97.1 Å². The van der Waals surface area contributed by atoms with E-state index < -0.39 is 17.8 Å². The highest BCUT2D eigenvalue weighted by Crippen LogP contribution is 2.35. The number of likely N-dealkylation sites (N-methyl/N-ethyl adjacent to an activating group) is 1. The number of nitrogens with two attached hydrogens (primary N) is 1. The Balaban J connectivity index is 0.000000402. The zero-order valence-corrected chi connectivity index (χ0v) is 46.6. The van der Waals surface area contributed by atoms with Crippen LogP contribution in [-0.2, 0) is 11.0 Å². The molecule has 72 heavy (non-hydrogen) atoms. The highest BCUT2D eigenvalue weighted by atomic mass is 19.4. The van der Waals surface area contributed by atoms with Gasteiger partial charge in [0.2, 0.25) is 5.91 Å². The molecule has 9 nitrogen and oxygen atoms in total. The Bertz CT molecular complexity index is 2170. The molecule has 1 fully saturated rings. The van der Waals surface area contributed by atoms with Crippen molar-refractivity contribution >= 4 is 29.3 Å². The number of nitrogens with one attached hydrogen (secondary N) is 2. The third kappa shape index (κ3) is 20.8. The molecule has 1 saturated heterocycles. The fourth-order valence-electron chi connectivity index (χ4n) is 9.21. The van der Waals surface area contributed by atoms with Crippen molar-refractivity contribution in [2.45, 2.75) is 184 Å². The lowest BCUT2D eigenvalue weighted by molar-refractivity contribution is -0.138. The van der Waals surface area contributed by atoms with E-state index in [4.69, 9.17) is 5.73 Å². The molecular formula is C60H92F3N7O2. The molecular weight excluding hydrogens is 908 g/mol. The summed E-state index contributed by atoms with van der Waals surface area (Å²) in [6, 6.07) is 18.8. The first-order valence-electron chi connectivity index (χ1n) is 26.9. The first-order chi connectivity index (χ1) is 34.3. The number of hydrogen-bond acceptors (Lipinski definition) is 8. The van der Waals surface area contributed by atoms with Crippen molar-refractivity contribution in [1.29, 1.82) is 0 Å². The molecule has 4 aromatic rings. The van der Waals surface area contributed by atoms with Gasteiger partial charge in [-0.2, -0.15) is 13.2 Å². The number of benzene rings is 2. The van der Waals surface area contributed by atoms with Gasteiger partial charge in [0.15, 0.2) is 5.78 Å². The Morgan fingerprint density at radius 2 is 1.44 bits per heavy atom. The number of aryl methyl sites for hydroxylation is 2. The SMILES string of the molecule is CC.CC(=O)c1ccc(C2CCN(C(C)/C(C)=C/c3c(-c4ccc(N)nc4)ccnc3C)CC2)cc1.CCCC(CCC)N(CCC)CCC.CNC(=O)C(CCC(C)C)Nc1ccc(C)c(C(F)(F)F)c1. The lowest BCUT2D eigenvalue weighted by Crippen LogP contribution is -2.40. The van der Waals surface area contributed by atoms with E-state index in [-0.39, 0.29) is 17.3 Å². The first kappa shape index (κ1) is 63.0. The van der Waals surface area contributed by atoms with E-state index in [0.717, 1.165) is 72.4 Å². The number of ketones is 1. The first-order valence-corrected chi connectivity index (χ1v) is 26.9. The molecule has 0 spiro atoms. The number of hydrogen-bond donors (Lipinski definition) is 3. The average molecular weight is 1000 g/mol. The fourth-order valence-corrected chi connectivity index (χ4v) is 9.21. The van der Waals surface area contributed by atoms with Crippen LogP contribution in [0, 0.1) is 19.8 Å². The van der Waals surface area contributed by atoms with Gasteiger partial charge < -0.3 is 21.3 Å². The molecule has 1 aliphatic rings. The normalized spacial score (nSPS) is 14.1. The van der Waals surface area contributed by atoms with Crippen LogP contribution in [0.3, 0.4) is 0 Å². The van der Waals surface area contributed by atoms with Crippen molar-refractivity contribution in [2.24, 2.45) is 5.92 Å². The molecule has 2 aromatic carbocycles. The number of Topliss-reactive ketones (excluding diaryl/α,β-unsaturated/α-hetero) is 1. The number of likely N-dealkylation sites (tertiary alicyclic amines) is 1. The number of nitrogens with zero attached hydrogens (tertiary/aromatic N) is 4. The summed E-state index contributed by atoms with van der Waals surface area (Å²) >= 11 is 0. The third-order valence-corrected chi connectivity index (χ3v) is 13.4. The number of rotatable bonds is 21. The number of pyridine rings is 2. The van der Waals surface area contributed by atoms with Crippen LogP contribution in [0.25, 0.3) is 17.2 Å². The van der Waals surface area contributed by atoms with Crippen molar-refractivity contribution in [3.8, 4) is 11.1 Å². The van der Waals surface area contributed by atoms with Gasteiger partial charge in [0, 0.05) is 59.6 Å². The van der Waals surface area contributed by atoms with Crippen molar-refractivity contribution in [2.75, 3.05) is 44.3 Å². The van der Waals surface area contributed by atoms with Gasteiger partial charge in [-0.3, -0.25) is 19.5 Å². The second-order valence-corrected chi connectivity index (χ2v) is 19.5. The molecule has 3 heterocycles. The standard InChI is InChI=1S/C29H34N4O.C16H23F3N2O.C13H29N.C2H6/c1-19(17-28-20(2)31-14-11-27(28)26-9-10-29(30)32-18-26)21(3)33-15-12-25(13-16-33)24-7-5-23(6-8-24)22(4)34;1-10(2)5-8-14(15(22)20-4)21-12-7-6-11(3)13(9-12)16(17,18)19;1-5-9-13(10-6-2)14(11-7-3)12-8-4;1-2/h5-11,14,17-18,21,25H,12-13,15-16H2,1-4H3,(H2,30,32);6-7,9-10,14,21H,5,8H2,1-4H3,(H,20,22);13H,5-12H2,1-4H3;1-2H3/b19-17+;;;. The number of piperidine rings is 1. The Kier molecular flexibility index (Phi) is 28.8. The van der Waals surface area contributed by atoms with E-state index >= 15 is 0 Å². The molecule has 0 radical (unpaired) electrons. The van der Waals surface area contributed by atoms with Crippen molar-refractivity contribution in [1.82, 2.24) is 25.1 Å². The van der Waals surface area contributed by atoms with Crippen LogP contribution in [0.1, 0.15) is 185 Å². The van der Waals surface area contributed by atoms with Crippen LogP contribution in [0.2, 0.25) is 0 Å². The van der Waals surface area contributed by atoms with Crippen LogP contribution in [0.5, 0.6) is 0 Å². The Morgan fingerprint density at radius 1 is 0.833 bits per heavy atom. The van der Waals surface area contributed by atoms with Gasteiger partial charge in [0.1, 0.15) is 11.9 Å². The van der Waals surface area contributed by atoms with E-state index in [1.54, 1.807) is 13.0 Å². The maximum atomic E-state index is 12.9. The monoisotopic (exact) mass is 1000 g/mol. The summed E-state index contributed by atoms with van der Waals surface area (Å²) in [6.45, 7) is 31.6. The number of carbonyl (C=O) groups excluding carboxylic acids is 2. The number of halogens is 3. The zero-order valence-electron chi connectivity index (χ0n) is 46.6. The molecule has 0 saturated carbocycles. The van der Waals surface area contributed by atoms with Crippen LogP contribution >= 0.6 is 0 Å². The molecule has 400 valence electrons. The summed E-state index contributed by atoms with van der Waals surface area (Å²) < 4.78 is 38.8. The Labute approximate surface area is 433 Å². The molecule has 2 atom stereocenters. The van der Waals surface area contributed by atoms with Crippen LogP contribution < -0.4 is 16.4 Å². The zero-order chi connectivity index (χ0) is 54.0. The van der Waals surface area contributed by atoms with Crippen LogP contribution in [0.15, 0.2) is 78.6 Å². The molecule has 2 unspecified atom stereocenters. The number of aromatic nitrogens is 2. The minimum atomic E-state index is -4.40. The second-order valence-electron chi connectivity index (χ2n) is 19.5. The lowest BCUT2D eigenvalue weighted by Gasteiger charge is -2.37. The summed E-state index contributed by atoms with van der Waals surface area (Å²) in [5.74, 6) is 1.39. The van der Waals surface area contributed by atoms with Crippen LogP contribution in [0.4, 0.5) is 24.7 Å². The minimum absolute atomic E-state index is 0.122. The number of nitrogen functional groups attached to an aromatic ring is 1. The Morgan fingerprint density at radius 3 is 1.94 bits per heavy atom. The Hall–Kier alpha value is -5.07. The highest BCUT2D eigenvalue weighted by Gasteiger charge is 2.33. The second kappa shape index (κ2) is 32.9. The molecule has 2 aromatic heterocycles. The largest absolute Gasteiger partial charge is 0.416 e. The van der Waals surface area contributed by atoms with Gasteiger partial charge in [-0.1, -0.05) is 110 Å². The third-order valence-electron chi connectivity index (χ3n) is 13.4. The quantitative estimate of drug-likeness (QED) is 0.0707. The topological polar surface area (TPSA) is 116 Å². The minimum Gasteiger partial charge on any atom is -0.384 e. The van der Waals surface area contributed by atoms with Gasteiger partial charge in [-0.15, -0.1) is 0 Å². The van der Waals surface area contributed by atoms with E-state index in [1.807, 2.05) is 70.4 Å². The maximum Gasteiger partial charge on any atom is 0.416 e. The molecule has 12 heteroatoms. The van der Waals surface area contributed by atoms with Gasteiger partial charge in [0.25, 0.3) is 0 Å². The summed E-state index contributed by atoms with van der Waals surface area (Å²) in [5.41, 5.74) is 13.3. The van der Waals surface area contributed by atoms with E-state index in [1.165, 1.54) is 82.8 Å². The number of alkyl halides is 3. The summed E-state index contributed by atoms with van der Waals surface area (Å²) in [7, 11) is 1.52. The van der Waals surface area contributed by atoms with Crippen LogP contribution in [-0.4, -0.2) is 82.8 Å². The average Bonchev–Trinajstić information content (AvgIpc) is 3.36. The molecule has 1 aliphatic heterocycles. The summed E-state index contributed by atoms with van der Waals surface area (Å²) in [5, 5.41) is 5.45. The number of anilines is 2. The van der Waals surface area contributed by atoms with Crippen molar-refractivity contribution in [3.63, 3.8) is 0 Å². The predicted octanol–water partition coefficient (Wildman–Crippen LogP) is 15.0. The van der Waals surface area contributed by atoms with Gasteiger partial charge in [-0.05, 0) is 171 Å². The maximum absolute atomic E-state index is 12.9. The number of carbonyl (C=O) groups is 2. The molecule has 1 amide bonds. The lowest BCUT2D eigenvalue weighted by atomic mass is 9.87. The van der Waals surface area contributed by atoms with E-state index in [9.17, 15) is 22.8 Å².